The lowest BCUT2D eigenvalue weighted by atomic mass is 9.78. The van der Waals surface area contributed by atoms with Gasteiger partial charge in [0.1, 0.15) is 5.72 Å². The molecule has 0 spiro atoms. The highest BCUT2D eigenvalue weighted by Crippen LogP contribution is 2.50. The van der Waals surface area contributed by atoms with Gasteiger partial charge in [-0.15, -0.1) is 0 Å². The molecule has 1 unspecified atom stereocenters. The van der Waals surface area contributed by atoms with Crippen LogP contribution in [0.15, 0.2) is 24.3 Å². The monoisotopic (exact) mass is 291 g/mol. The molecule has 1 aliphatic heterocycles. The Hall–Kier alpha value is -1.55. The summed E-state index contributed by atoms with van der Waals surface area (Å²) in [6.45, 7) is 6.74. The Labute approximate surface area is 126 Å². The van der Waals surface area contributed by atoms with E-state index in [0.717, 1.165) is 25.1 Å². The zero-order valence-electron chi connectivity index (χ0n) is 13.1. The Morgan fingerprint density at radius 1 is 1.14 bits per heavy atom. The number of hydrogen-bond donors (Lipinski definition) is 2. The number of carboxylic acids is 1. The van der Waals surface area contributed by atoms with E-state index in [2.05, 4.69) is 30.9 Å². The highest BCUT2D eigenvalue weighted by Gasteiger charge is 2.52. The second-order valence-corrected chi connectivity index (χ2v) is 6.52. The number of aliphatic hydroxyl groups is 1. The van der Waals surface area contributed by atoms with E-state index in [1.54, 1.807) is 0 Å². The van der Waals surface area contributed by atoms with Gasteiger partial charge in [0.2, 0.25) is 0 Å². The molecule has 1 aromatic rings. The number of unbranched alkanes of at least 4 members (excludes halogenated alkanes) is 2. The predicted octanol–water partition coefficient (Wildman–Crippen LogP) is 3.14. The molecule has 0 amide bonds. The van der Waals surface area contributed by atoms with Crippen LogP contribution in [0.3, 0.4) is 0 Å². The number of para-hydroxylation sites is 1. The topological polar surface area (TPSA) is 60.8 Å². The molecule has 0 saturated carbocycles. The van der Waals surface area contributed by atoms with E-state index < -0.39 is 11.7 Å². The third kappa shape index (κ3) is 2.77. The Morgan fingerprint density at radius 3 is 2.48 bits per heavy atom. The summed E-state index contributed by atoms with van der Waals surface area (Å²) in [7, 11) is 0. The Balaban J connectivity index is 2.07. The average molecular weight is 291 g/mol. The van der Waals surface area contributed by atoms with E-state index in [-0.39, 0.29) is 11.8 Å². The maximum atomic E-state index is 11.0. The molecular formula is C17H25NO3. The molecule has 1 heterocycles. The minimum atomic E-state index is -0.927. The number of hydrogen-bond acceptors (Lipinski definition) is 3. The van der Waals surface area contributed by atoms with Crippen molar-refractivity contribution in [1.29, 1.82) is 0 Å². The first-order valence-electron chi connectivity index (χ1n) is 7.60. The fraction of sp³-hybridized carbons (Fsp3) is 0.588. The van der Waals surface area contributed by atoms with Crippen molar-refractivity contribution in [2.45, 2.75) is 57.6 Å². The SMILES string of the molecule is CC1(C)c2ccccc2N(CCCCCC(=O)O)C1(C)O. The third-order valence-corrected chi connectivity index (χ3v) is 4.85. The molecular weight excluding hydrogens is 266 g/mol. The summed E-state index contributed by atoms with van der Waals surface area (Å²) in [6.07, 6.45) is 2.66. The number of carboxylic acid groups (broad SMARTS) is 1. The average Bonchev–Trinajstić information content (AvgIpc) is 2.56. The normalized spacial score (nSPS) is 23.1. The van der Waals surface area contributed by atoms with Crippen LogP contribution in [-0.4, -0.2) is 28.5 Å². The van der Waals surface area contributed by atoms with E-state index in [0.29, 0.717) is 6.42 Å². The highest BCUT2D eigenvalue weighted by atomic mass is 16.4. The molecule has 0 aliphatic carbocycles. The first kappa shape index (κ1) is 15.8. The Kier molecular flexibility index (Phi) is 4.28. The summed E-state index contributed by atoms with van der Waals surface area (Å²) in [5.74, 6) is -0.741. The van der Waals surface area contributed by atoms with Gasteiger partial charge in [0.25, 0.3) is 0 Å². The van der Waals surface area contributed by atoms with Crippen molar-refractivity contribution in [1.82, 2.24) is 0 Å². The molecule has 2 N–H and O–H groups in total. The Bertz CT molecular complexity index is 523. The molecule has 0 fully saturated rings. The molecule has 116 valence electrons. The van der Waals surface area contributed by atoms with Crippen molar-refractivity contribution in [2.24, 2.45) is 0 Å². The maximum Gasteiger partial charge on any atom is 0.303 e. The van der Waals surface area contributed by atoms with E-state index in [1.165, 1.54) is 5.56 Å². The molecule has 4 nitrogen and oxygen atoms in total. The molecule has 1 atom stereocenters. The van der Waals surface area contributed by atoms with Crippen LogP contribution in [0.2, 0.25) is 0 Å². The maximum absolute atomic E-state index is 11.0. The molecule has 21 heavy (non-hydrogen) atoms. The van der Waals surface area contributed by atoms with Crippen LogP contribution in [-0.2, 0) is 10.2 Å². The molecule has 0 aromatic heterocycles. The number of nitrogens with zero attached hydrogens (tertiary/aromatic N) is 1. The first-order valence-corrected chi connectivity index (χ1v) is 7.60. The van der Waals surface area contributed by atoms with Crippen molar-refractivity contribution in [3.05, 3.63) is 29.8 Å². The van der Waals surface area contributed by atoms with Crippen LogP contribution >= 0.6 is 0 Å². The van der Waals surface area contributed by atoms with E-state index >= 15 is 0 Å². The van der Waals surface area contributed by atoms with Crippen LogP contribution in [0.25, 0.3) is 0 Å². The van der Waals surface area contributed by atoms with Crippen molar-refractivity contribution in [3.8, 4) is 0 Å². The largest absolute Gasteiger partial charge is 0.481 e. The quantitative estimate of drug-likeness (QED) is 0.790. The van der Waals surface area contributed by atoms with Gasteiger partial charge < -0.3 is 15.1 Å². The number of anilines is 1. The fourth-order valence-electron chi connectivity index (χ4n) is 3.13. The molecule has 1 aromatic carbocycles. The van der Waals surface area contributed by atoms with Crippen molar-refractivity contribution < 1.29 is 15.0 Å². The third-order valence-electron chi connectivity index (χ3n) is 4.85. The van der Waals surface area contributed by atoms with Crippen molar-refractivity contribution in [2.75, 3.05) is 11.4 Å². The zero-order chi connectivity index (χ0) is 15.7. The molecule has 1 aliphatic rings. The standard InChI is InChI=1S/C17H25NO3/c1-16(2)13-9-6-7-10-14(13)18(17(16,3)21)12-8-4-5-11-15(19)20/h6-7,9-10,21H,4-5,8,11-12H2,1-3H3,(H,19,20). The van der Waals surface area contributed by atoms with Gasteiger partial charge in [-0.2, -0.15) is 0 Å². The summed E-state index contributed by atoms with van der Waals surface area (Å²) in [6, 6.07) is 8.13. The summed E-state index contributed by atoms with van der Waals surface area (Å²) in [4.78, 5) is 12.6. The summed E-state index contributed by atoms with van der Waals surface area (Å²) >= 11 is 0. The van der Waals surface area contributed by atoms with Crippen molar-refractivity contribution in [3.63, 3.8) is 0 Å². The molecule has 0 saturated heterocycles. The van der Waals surface area contributed by atoms with Crippen LogP contribution in [0, 0.1) is 0 Å². The fourth-order valence-corrected chi connectivity index (χ4v) is 3.13. The zero-order valence-corrected chi connectivity index (χ0v) is 13.1. The minimum Gasteiger partial charge on any atom is -0.481 e. The number of aliphatic carboxylic acids is 1. The molecule has 0 bridgehead atoms. The second kappa shape index (κ2) is 5.68. The lowest BCUT2D eigenvalue weighted by Gasteiger charge is -2.40. The van der Waals surface area contributed by atoms with Crippen LogP contribution in [0.4, 0.5) is 5.69 Å². The molecule has 2 rings (SSSR count). The van der Waals surface area contributed by atoms with Gasteiger partial charge in [0, 0.05) is 24.1 Å². The molecule has 0 radical (unpaired) electrons. The van der Waals surface area contributed by atoms with Gasteiger partial charge in [0.05, 0.1) is 0 Å². The summed E-state index contributed by atoms with van der Waals surface area (Å²) in [5.41, 5.74) is 1.000. The predicted molar refractivity (Wildman–Crippen MR) is 83.5 cm³/mol. The lowest BCUT2D eigenvalue weighted by Crippen LogP contribution is -2.53. The van der Waals surface area contributed by atoms with Crippen LogP contribution in [0.1, 0.15) is 52.0 Å². The van der Waals surface area contributed by atoms with Crippen LogP contribution < -0.4 is 4.90 Å². The number of fused-ring (bicyclic) bond motifs is 1. The smallest absolute Gasteiger partial charge is 0.303 e. The van der Waals surface area contributed by atoms with Crippen LogP contribution in [0.5, 0.6) is 0 Å². The number of carbonyl (C=O) groups is 1. The van der Waals surface area contributed by atoms with Crippen molar-refractivity contribution >= 4 is 11.7 Å². The lowest BCUT2D eigenvalue weighted by molar-refractivity contribution is -0.137. The van der Waals surface area contributed by atoms with Gasteiger partial charge in [0.15, 0.2) is 0 Å². The summed E-state index contributed by atoms with van der Waals surface area (Å²) < 4.78 is 0. The van der Waals surface area contributed by atoms with E-state index in [1.807, 2.05) is 19.1 Å². The van der Waals surface area contributed by atoms with Gasteiger partial charge in [-0.25, -0.2) is 0 Å². The molecule has 4 heteroatoms. The van der Waals surface area contributed by atoms with E-state index in [4.69, 9.17) is 5.11 Å². The summed E-state index contributed by atoms with van der Waals surface area (Å²) in [5, 5.41) is 19.6. The number of benzene rings is 1. The second-order valence-electron chi connectivity index (χ2n) is 6.52. The van der Waals surface area contributed by atoms with Gasteiger partial charge in [-0.3, -0.25) is 4.79 Å². The highest BCUT2D eigenvalue weighted by molar-refractivity contribution is 5.66. The Morgan fingerprint density at radius 2 is 1.81 bits per heavy atom. The van der Waals surface area contributed by atoms with E-state index in [9.17, 15) is 9.90 Å². The number of rotatable bonds is 6. The van der Waals surface area contributed by atoms with Gasteiger partial charge in [-0.05, 0) is 31.4 Å². The minimum absolute atomic E-state index is 0.221. The first-order chi connectivity index (χ1) is 9.78. The van der Waals surface area contributed by atoms with Gasteiger partial charge >= 0.3 is 5.97 Å². The van der Waals surface area contributed by atoms with Gasteiger partial charge in [-0.1, -0.05) is 38.5 Å².